The molecule has 2 aromatic rings. The van der Waals surface area contributed by atoms with Crippen molar-refractivity contribution in [2.75, 3.05) is 0 Å². The van der Waals surface area contributed by atoms with Crippen LogP contribution in [-0.4, -0.2) is 15.8 Å². The fourth-order valence-electron chi connectivity index (χ4n) is 2.67. The molecule has 0 bridgehead atoms. The van der Waals surface area contributed by atoms with Gasteiger partial charge in [0, 0.05) is 29.5 Å². The average molecular weight is 259 g/mol. The zero-order valence-corrected chi connectivity index (χ0v) is 11.0. The summed E-state index contributed by atoms with van der Waals surface area (Å²) in [6.45, 7) is 2.91. The van der Waals surface area contributed by atoms with E-state index in [9.17, 15) is 4.39 Å². The van der Waals surface area contributed by atoms with E-state index >= 15 is 0 Å². The number of benzene rings is 1. The second-order valence-electron chi connectivity index (χ2n) is 5.34. The lowest BCUT2D eigenvalue weighted by Crippen LogP contribution is -2.39. The Morgan fingerprint density at radius 3 is 2.79 bits per heavy atom. The lowest BCUT2D eigenvalue weighted by molar-refractivity contribution is 0.378. The van der Waals surface area contributed by atoms with Crippen molar-refractivity contribution in [3.8, 4) is 0 Å². The second-order valence-corrected chi connectivity index (χ2v) is 5.34. The smallest absolute Gasteiger partial charge is 0.128 e. The van der Waals surface area contributed by atoms with Crippen LogP contribution in [0.4, 0.5) is 4.39 Å². The molecule has 3 nitrogen and oxygen atoms in total. The summed E-state index contributed by atoms with van der Waals surface area (Å²) in [5.74, 6) is -0.112. The van der Waals surface area contributed by atoms with Gasteiger partial charge in [0.1, 0.15) is 5.82 Å². The van der Waals surface area contributed by atoms with E-state index < -0.39 is 0 Å². The number of aromatic nitrogens is 2. The minimum atomic E-state index is -0.169. The van der Waals surface area contributed by atoms with Gasteiger partial charge < -0.3 is 5.32 Å². The van der Waals surface area contributed by atoms with E-state index in [0.717, 1.165) is 24.9 Å². The first-order valence-electron chi connectivity index (χ1n) is 6.70. The highest BCUT2D eigenvalue weighted by Crippen LogP contribution is 2.46. The van der Waals surface area contributed by atoms with Crippen LogP contribution in [0.2, 0.25) is 0 Å². The zero-order chi connectivity index (χ0) is 13.3. The molecule has 0 saturated heterocycles. The molecule has 1 fully saturated rings. The first-order valence-corrected chi connectivity index (χ1v) is 6.70. The number of nitrogens with one attached hydrogen (secondary N) is 1. The van der Waals surface area contributed by atoms with Gasteiger partial charge in [0.05, 0.1) is 6.54 Å². The Labute approximate surface area is 112 Å². The van der Waals surface area contributed by atoms with Gasteiger partial charge in [0.2, 0.25) is 0 Å². The minimum absolute atomic E-state index is 0.112. The molecule has 0 aliphatic heterocycles. The lowest BCUT2D eigenvalue weighted by atomic mass is 10.0. The molecule has 0 amide bonds. The zero-order valence-electron chi connectivity index (χ0n) is 11.0. The maximum absolute atomic E-state index is 13.9. The van der Waals surface area contributed by atoms with Gasteiger partial charge in [-0.15, -0.1) is 0 Å². The van der Waals surface area contributed by atoms with Crippen molar-refractivity contribution in [2.45, 2.75) is 37.9 Å². The van der Waals surface area contributed by atoms with E-state index in [1.54, 1.807) is 12.3 Å². The molecule has 1 saturated carbocycles. The summed E-state index contributed by atoms with van der Waals surface area (Å²) >= 11 is 0. The Balaban J connectivity index is 1.71. The van der Waals surface area contributed by atoms with Crippen LogP contribution in [0.3, 0.4) is 0 Å². The largest absolute Gasteiger partial charge is 0.303 e. The van der Waals surface area contributed by atoms with Crippen molar-refractivity contribution in [2.24, 2.45) is 0 Å². The maximum Gasteiger partial charge on any atom is 0.128 e. The normalized spacial score (nSPS) is 18.2. The third-order valence-corrected chi connectivity index (χ3v) is 3.68. The van der Waals surface area contributed by atoms with Crippen LogP contribution < -0.4 is 5.32 Å². The Hall–Kier alpha value is -1.68. The fourth-order valence-corrected chi connectivity index (χ4v) is 2.67. The molecule has 1 heterocycles. The molecule has 1 aromatic carbocycles. The summed E-state index contributed by atoms with van der Waals surface area (Å²) in [6.07, 6.45) is 5.71. The highest BCUT2D eigenvalue weighted by atomic mass is 19.1. The predicted molar refractivity (Wildman–Crippen MR) is 72.1 cm³/mol. The Kier molecular flexibility index (Phi) is 3.11. The van der Waals surface area contributed by atoms with Crippen LogP contribution in [-0.2, 0) is 12.1 Å². The van der Waals surface area contributed by atoms with E-state index in [-0.39, 0.29) is 17.4 Å². The number of halogens is 1. The summed E-state index contributed by atoms with van der Waals surface area (Å²) in [5.41, 5.74) is 0.625. The van der Waals surface area contributed by atoms with Gasteiger partial charge in [-0.2, -0.15) is 5.10 Å². The molecule has 4 heteroatoms. The van der Waals surface area contributed by atoms with Crippen LogP contribution in [0.1, 0.15) is 25.3 Å². The Morgan fingerprint density at radius 1 is 1.37 bits per heavy atom. The van der Waals surface area contributed by atoms with Crippen LogP contribution in [0.15, 0.2) is 42.7 Å². The van der Waals surface area contributed by atoms with Gasteiger partial charge in [-0.1, -0.05) is 18.2 Å². The van der Waals surface area contributed by atoms with E-state index in [1.165, 1.54) is 6.07 Å². The highest BCUT2D eigenvalue weighted by molar-refractivity contribution is 5.31. The van der Waals surface area contributed by atoms with Crippen molar-refractivity contribution in [3.63, 3.8) is 0 Å². The third kappa shape index (κ3) is 2.54. The average Bonchev–Trinajstić information content (AvgIpc) is 2.97. The molecule has 1 aliphatic rings. The molecule has 3 rings (SSSR count). The van der Waals surface area contributed by atoms with E-state index in [4.69, 9.17) is 0 Å². The van der Waals surface area contributed by atoms with E-state index in [0.29, 0.717) is 0 Å². The maximum atomic E-state index is 13.9. The predicted octanol–water partition coefficient (Wildman–Crippen LogP) is 2.69. The second kappa shape index (κ2) is 4.78. The van der Waals surface area contributed by atoms with Gasteiger partial charge in [-0.3, -0.25) is 4.68 Å². The van der Waals surface area contributed by atoms with Crippen molar-refractivity contribution < 1.29 is 4.39 Å². The molecule has 0 unspecified atom stereocenters. The first kappa shape index (κ1) is 12.4. The van der Waals surface area contributed by atoms with Crippen molar-refractivity contribution in [1.82, 2.24) is 15.1 Å². The molecule has 1 atom stereocenters. The molecule has 1 aliphatic carbocycles. The molecule has 100 valence electrons. The third-order valence-electron chi connectivity index (χ3n) is 3.68. The topological polar surface area (TPSA) is 29.9 Å². The van der Waals surface area contributed by atoms with Gasteiger partial charge in [-0.25, -0.2) is 4.39 Å². The SMILES string of the molecule is C[C@H](Cn1cccn1)NC1(c2ccccc2F)CC1. The Morgan fingerprint density at radius 2 is 2.16 bits per heavy atom. The van der Waals surface area contributed by atoms with Crippen LogP contribution in [0.25, 0.3) is 0 Å². The highest BCUT2D eigenvalue weighted by Gasteiger charge is 2.46. The molecule has 0 radical (unpaired) electrons. The van der Waals surface area contributed by atoms with Crippen molar-refractivity contribution in [1.29, 1.82) is 0 Å². The summed E-state index contributed by atoms with van der Waals surface area (Å²) in [5, 5.41) is 7.76. The first-order chi connectivity index (χ1) is 9.20. The van der Waals surface area contributed by atoms with Gasteiger partial charge >= 0.3 is 0 Å². The molecule has 0 spiro atoms. The quantitative estimate of drug-likeness (QED) is 0.894. The molecule has 1 aromatic heterocycles. The molecule has 1 N–H and O–H groups in total. The standard InChI is InChI=1S/C15H18FN3/c1-12(11-19-10-4-9-17-19)18-15(7-8-15)13-5-2-3-6-14(13)16/h2-6,9-10,12,18H,7-8,11H2,1H3/t12-/m1/s1. The fraction of sp³-hybridized carbons (Fsp3) is 0.400. The van der Waals surface area contributed by atoms with Crippen LogP contribution in [0, 0.1) is 5.82 Å². The van der Waals surface area contributed by atoms with E-state index in [2.05, 4.69) is 17.3 Å². The van der Waals surface area contributed by atoms with E-state index in [1.807, 2.05) is 29.1 Å². The molecule has 19 heavy (non-hydrogen) atoms. The van der Waals surface area contributed by atoms with Gasteiger partial charge in [-0.05, 0) is 31.9 Å². The number of hydrogen-bond donors (Lipinski definition) is 1. The number of rotatable bonds is 5. The summed E-state index contributed by atoms with van der Waals surface area (Å²) in [4.78, 5) is 0. The van der Waals surface area contributed by atoms with Crippen LogP contribution >= 0.6 is 0 Å². The summed E-state index contributed by atoms with van der Waals surface area (Å²) in [6, 6.07) is 9.23. The van der Waals surface area contributed by atoms with Gasteiger partial charge in [0.25, 0.3) is 0 Å². The summed E-state index contributed by atoms with van der Waals surface area (Å²) < 4.78 is 15.8. The van der Waals surface area contributed by atoms with Crippen LogP contribution in [0.5, 0.6) is 0 Å². The lowest BCUT2D eigenvalue weighted by Gasteiger charge is -2.23. The van der Waals surface area contributed by atoms with Gasteiger partial charge in [0.15, 0.2) is 0 Å². The minimum Gasteiger partial charge on any atom is -0.303 e. The monoisotopic (exact) mass is 259 g/mol. The number of hydrogen-bond acceptors (Lipinski definition) is 2. The number of nitrogens with zero attached hydrogens (tertiary/aromatic N) is 2. The molecular weight excluding hydrogens is 241 g/mol. The van der Waals surface area contributed by atoms with Crippen molar-refractivity contribution >= 4 is 0 Å². The van der Waals surface area contributed by atoms with Crippen molar-refractivity contribution in [3.05, 3.63) is 54.1 Å². The summed E-state index contributed by atoms with van der Waals surface area (Å²) in [7, 11) is 0. The molecular formula is C15H18FN3. The Bertz CT molecular complexity index is 546.